The number of rotatable bonds is 2. The number of nitrogens with zero attached hydrogens (tertiary/aromatic N) is 2. The van der Waals surface area contributed by atoms with Gasteiger partial charge in [-0.15, -0.1) is 0 Å². The van der Waals surface area contributed by atoms with E-state index < -0.39 is 0 Å². The molecule has 0 atom stereocenters. The third-order valence-corrected chi connectivity index (χ3v) is 5.43. The van der Waals surface area contributed by atoms with E-state index in [1.54, 1.807) is 0 Å². The average molecular weight is 416 g/mol. The number of amides is 1. The molecular weight excluding hydrogens is 396 g/mol. The average Bonchev–Trinajstić information content (AvgIpc) is 3.00. The van der Waals surface area contributed by atoms with E-state index >= 15 is 0 Å². The van der Waals surface area contributed by atoms with Crippen molar-refractivity contribution in [2.45, 2.75) is 31.7 Å². The van der Waals surface area contributed by atoms with Gasteiger partial charge in [0.1, 0.15) is 0 Å². The lowest BCUT2D eigenvalue weighted by molar-refractivity contribution is 0.0644. The second kappa shape index (κ2) is 6.80. The standard InChI is InChI=1S/C16H20Br2N2O/c17-13-9-12(10-14(18)11-13)16(21)20-7-3-15(4-8-20)19-5-1-2-6-19/h9-11,15H,1-8H2. The topological polar surface area (TPSA) is 23.6 Å². The predicted octanol–water partition coefficient (Wildman–Crippen LogP) is 3.91. The second-order valence-corrected chi connectivity index (χ2v) is 7.76. The lowest BCUT2D eigenvalue weighted by Gasteiger charge is -2.36. The van der Waals surface area contributed by atoms with E-state index in [0.717, 1.165) is 40.4 Å². The van der Waals surface area contributed by atoms with E-state index in [1.807, 2.05) is 23.1 Å². The van der Waals surface area contributed by atoms with Gasteiger partial charge in [-0.2, -0.15) is 0 Å². The predicted molar refractivity (Wildman–Crippen MR) is 91.6 cm³/mol. The van der Waals surface area contributed by atoms with Crippen molar-refractivity contribution in [3.8, 4) is 0 Å². The fourth-order valence-electron chi connectivity index (χ4n) is 3.40. The van der Waals surface area contributed by atoms with Crippen molar-refractivity contribution in [2.24, 2.45) is 0 Å². The van der Waals surface area contributed by atoms with Gasteiger partial charge in [-0.05, 0) is 57.0 Å². The molecule has 3 rings (SSSR count). The Morgan fingerprint density at radius 3 is 2.10 bits per heavy atom. The smallest absolute Gasteiger partial charge is 0.253 e. The third kappa shape index (κ3) is 3.69. The Hall–Kier alpha value is -0.390. The van der Waals surface area contributed by atoms with Gasteiger partial charge < -0.3 is 9.80 Å². The molecule has 0 spiro atoms. The van der Waals surface area contributed by atoms with Gasteiger partial charge in [0.05, 0.1) is 0 Å². The van der Waals surface area contributed by atoms with Crippen LogP contribution in [0.3, 0.4) is 0 Å². The Morgan fingerprint density at radius 1 is 0.952 bits per heavy atom. The van der Waals surface area contributed by atoms with Crippen LogP contribution in [0.2, 0.25) is 0 Å². The summed E-state index contributed by atoms with van der Waals surface area (Å²) in [6.07, 6.45) is 4.90. The van der Waals surface area contributed by atoms with Gasteiger partial charge in [-0.1, -0.05) is 31.9 Å². The summed E-state index contributed by atoms with van der Waals surface area (Å²) < 4.78 is 1.87. The Balaban J connectivity index is 1.62. The van der Waals surface area contributed by atoms with Crippen molar-refractivity contribution in [3.63, 3.8) is 0 Å². The minimum absolute atomic E-state index is 0.150. The molecule has 2 aliphatic rings. The van der Waals surface area contributed by atoms with Crippen LogP contribution in [0.1, 0.15) is 36.0 Å². The van der Waals surface area contributed by atoms with Crippen molar-refractivity contribution in [1.29, 1.82) is 0 Å². The van der Waals surface area contributed by atoms with E-state index in [2.05, 4.69) is 36.8 Å². The van der Waals surface area contributed by atoms with Gasteiger partial charge in [0.2, 0.25) is 0 Å². The molecule has 5 heteroatoms. The Labute approximate surface area is 142 Å². The number of carbonyl (C=O) groups excluding carboxylic acids is 1. The summed E-state index contributed by atoms with van der Waals surface area (Å²) in [5, 5.41) is 0. The minimum atomic E-state index is 0.150. The summed E-state index contributed by atoms with van der Waals surface area (Å²) >= 11 is 6.90. The molecule has 2 saturated heterocycles. The van der Waals surface area contributed by atoms with E-state index in [9.17, 15) is 4.79 Å². The monoisotopic (exact) mass is 414 g/mol. The highest BCUT2D eigenvalue weighted by atomic mass is 79.9. The van der Waals surface area contributed by atoms with E-state index in [4.69, 9.17) is 0 Å². The number of benzene rings is 1. The van der Waals surface area contributed by atoms with Gasteiger partial charge >= 0.3 is 0 Å². The summed E-state index contributed by atoms with van der Waals surface area (Å²) in [5.41, 5.74) is 0.760. The van der Waals surface area contributed by atoms with E-state index in [-0.39, 0.29) is 5.91 Å². The highest BCUT2D eigenvalue weighted by Crippen LogP contribution is 2.24. The third-order valence-electron chi connectivity index (χ3n) is 4.52. The van der Waals surface area contributed by atoms with Crippen LogP contribution in [0.15, 0.2) is 27.1 Å². The summed E-state index contributed by atoms with van der Waals surface area (Å²) in [4.78, 5) is 17.2. The summed E-state index contributed by atoms with van der Waals surface area (Å²) in [7, 11) is 0. The van der Waals surface area contributed by atoms with Crippen molar-refractivity contribution in [1.82, 2.24) is 9.80 Å². The maximum absolute atomic E-state index is 12.6. The number of piperidine rings is 1. The molecule has 0 aliphatic carbocycles. The molecule has 0 aromatic heterocycles. The fourth-order valence-corrected chi connectivity index (χ4v) is 4.69. The molecule has 1 amide bonds. The fraction of sp³-hybridized carbons (Fsp3) is 0.562. The van der Waals surface area contributed by atoms with Gasteiger partial charge in [-0.25, -0.2) is 0 Å². The van der Waals surface area contributed by atoms with Crippen molar-refractivity contribution in [2.75, 3.05) is 26.2 Å². The van der Waals surface area contributed by atoms with Crippen LogP contribution in [0.4, 0.5) is 0 Å². The molecule has 114 valence electrons. The van der Waals surface area contributed by atoms with Crippen molar-refractivity contribution >= 4 is 37.8 Å². The first-order chi connectivity index (χ1) is 10.1. The van der Waals surface area contributed by atoms with Crippen LogP contribution in [0.5, 0.6) is 0 Å². The zero-order valence-electron chi connectivity index (χ0n) is 12.0. The molecule has 1 aromatic rings. The molecule has 2 aliphatic heterocycles. The van der Waals surface area contributed by atoms with Crippen LogP contribution < -0.4 is 0 Å². The van der Waals surface area contributed by atoms with Crippen LogP contribution in [-0.4, -0.2) is 47.9 Å². The molecule has 21 heavy (non-hydrogen) atoms. The number of likely N-dealkylation sites (tertiary alicyclic amines) is 2. The van der Waals surface area contributed by atoms with E-state index in [1.165, 1.54) is 25.9 Å². The van der Waals surface area contributed by atoms with E-state index in [0.29, 0.717) is 6.04 Å². The van der Waals surface area contributed by atoms with Crippen molar-refractivity contribution in [3.05, 3.63) is 32.7 Å². The maximum atomic E-state index is 12.6. The molecule has 0 saturated carbocycles. The summed E-state index contributed by atoms with van der Waals surface area (Å²) in [5.74, 6) is 0.150. The number of carbonyl (C=O) groups is 1. The SMILES string of the molecule is O=C(c1cc(Br)cc(Br)c1)N1CCC(N2CCCC2)CC1. The lowest BCUT2D eigenvalue weighted by Crippen LogP contribution is -2.45. The molecule has 3 nitrogen and oxygen atoms in total. The minimum Gasteiger partial charge on any atom is -0.339 e. The first kappa shape index (κ1) is 15.5. The van der Waals surface area contributed by atoms with Crippen LogP contribution in [0, 0.1) is 0 Å². The Kier molecular flexibility index (Phi) is 5.02. The van der Waals surface area contributed by atoms with Crippen LogP contribution in [-0.2, 0) is 0 Å². The van der Waals surface area contributed by atoms with Gasteiger partial charge in [0, 0.05) is 33.6 Å². The molecule has 1 aromatic carbocycles. The highest BCUT2D eigenvalue weighted by molar-refractivity contribution is 9.11. The van der Waals surface area contributed by atoms with Crippen LogP contribution in [0.25, 0.3) is 0 Å². The molecule has 0 unspecified atom stereocenters. The molecule has 2 heterocycles. The highest BCUT2D eigenvalue weighted by Gasteiger charge is 2.28. The first-order valence-corrected chi connectivity index (χ1v) is 9.21. The first-order valence-electron chi connectivity index (χ1n) is 7.63. The Morgan fingerprint density at radius 2 is 1.52 bits per heavy atom. The quantitative estimate of drug-likeness (QED) is 0.730. The number of halogens is 2. The van der Waals surface area contributed by atoms with Gasteiger partial charge in [0.25, 0.3) is 5.91 Å². The number of hydrogen-bond acceptors (Lipinski definition) is 2. The second-order valence-electron chi connectivity index (χ2n) is 5.92. The van der Waals surface area contributed by atoms with Gasteiger partial charge in [0.15, 0.2) is 0 Å². The zero-order chi connectivity index (χ0) is 14.8. The maximum Gasteiger partial charge on any atom is 0.253 e. The zero-order valence-corrected chi connectivity index (χ0v) is 15.2. The lowest BCUT2D eigenvalue weighted by atomic mass is 10.0. The summed E-state index contributed by atoms with van der Waals surface area (Å²) in [6, 6.07) is 6.45. The van der Waals surface area contributed by atoms with Crippen molar-refractivity contribution < 1.29 is 4.79 Å². The molecule has 0 radical (unpaired) electrons. The molecule has 2 fully saturated rings. The molecular formula is C16H20Br2N2O. The van der Waals surface area contributed by atoms with Crippen LogP contribution >= 0.6 is 31.9 Å². The molecule has 0 bridgehead atoms. The van der Waals surface area contributed by atoms with Gasteiger partial charge in [-0.3, -0.25) is 4.79 Å². The largest absolute Gasteiger partial charge is 0.339 e. The summed E-state index contributed by atoms with van der Waals surface area (Å²) in [6.45, 7) is 4.25. The Bertz CT molecular complexity index is 501. The normalized spacial score (nSPS) is 21.0. The molecule has 0 N–H and O–H groups in total. The number of hydrogen-bond donors (Lipinski definition) is 0.